The zero-order valence-corrected chi connectivity index (χ0v) is 9.77. The van der Waals surface area contributed by atoms with E-state index in [0.717, 1.165) is 0 Å². The first-order valence-electron chi connectivity index (χ1n) is 3.86. The minimum absolute atomic E-state index is 0. The van der Waals surface area contributed by atoms with Crippen molar-refractivity contribution in [2.24, 2.45) is 0 Å². The molecule has 0 radical (unpaired) electrons. The van der Waals surface area contributed by atoms with Crippen molar-refractivity contribution in [2.45, 2.75) is 0 Å². The fourth-order valence-electron chi connectivity index (χ4n) is 1.28. The summed E-state index contributed by atoms with van der Waals surface area (Å²) in [4.78, 5) is 14.8. The van der Waals surface area contributed by atoms with Crippen LogP contribution in [0.2, 0.25) is 0 Å². The van der Waals surface area contributed by atoms with Crippen LogP contribution in [0.4, 0.5) is 0 Å². The summed E-state index contributed by atoms with van der Waals surface area (Å²) in [5.74, 6) is -0.918. The first-order chi connectivity index (χ1) is 6.29. The molecule has 3 nitrogen and oxygen atoms in total. The number of carbonyl (C=O) groups is 1. The van der Waals surface area contributed by atoms with Crippen LogP contribution in [0.5, 0.6) is 0 Å². The van der Waals surface area contributed by atoms with E-state index < -0.39 is 5.97 Å². The molecule has 1 N–H and O–H groups in total. The van der Waals surface area contributed by atoms with E-state index in [-0.39, 0.29) is 31.0 Å². The summed E-state index contributed by atoms with van der Waals surface area (Å²) in [7, 11) is 0. The van der Waals surface area contributed by atoms with Crippen molar-refractivity contribution in [3.05, 3.63) is 42.1 Å². The molecule has 0 spiro atoms. The molecule has 1 aromatic heterocycles. The second-order valence-electron chi connectivity index (χ2n) is 2.68. The molecule has 0 amide bonds. The topological polar surface area (TPSA) is 50.2 Å². The molecule has 0 saturated carbocycles. The van der Waals surface area contributed by atoms with Gasteiger partial charge in [0.2, 0.25) is 0 Å². The second-order valence-corrected chi connectivity index (χ2v) is 2.68. The molecule has 0 aliphatic carbocycles. The fraction of sp³-hybridized carbons (Fsp3) is 0. The first kappa shape index (κ1) is 11.2. The Hall–Kier alpha value is -0.900. The van der Waals surface area contributed by atoms with Gasteiger partial charge in [-0.25, -0.2) is 4.79 Å². The van der Waals surface area contributed by atoms with E-state index in [9.17, 15) is 4.79 Å². The van der Waals surface area contributed by atoms with Gasteiger partial charge < -0.3 is 6.53 Å². The van der Waals surface area contributed by atoms with Crippen LogP contribution < -0.4 is 29.6 Å². The second kappa shape index (κ2) is 4.55. The Morgan fingerprint density at radius 1 is 1.29 bits per heavy atom. The molecule has 2 rings (SSSR count). The number of rotatable bonds is 1. The van der Waals surface area contributed by atoms with Crippen LogP contribution >= 0.6 is 0 Å². The van der Waals surface area contributed by atoms with Crippen LogP contribution in [0.1, 0.15) is 11.8 Å². The van der Waals surface area contributed by atoms with Crippen LogP contribution in [-0.2, 0) is 0 Å². The van der Waals surface area contributed by atoms with Gasteiger partial charge >= 0.3 is 35.5 Å². The average molecular weight is 197 g/mol. The fourth-order valence-corrected chi connectivity index (χ4v) is 1.28. The molecule has 14 heavy (non-hydrogen) atoms. The largest absolute Gasteiger partial charge is 1.00 e. The predicted octanol–water partition coefficient (Wildman–Crippen LogP) is -0.951. The summed E-state index contributed by atoms with van der Waals surface area (Å²) in [6.07, 6.45) is 1.51. The van der Waals surface area contributed by atoms with Crippen LogP contribution in [0.3, 0.4) is 0 Å². The zero-order chi connectivity index (χ0) is 9.26. The number of aromatic nitrogens is 1. The number of hydrogen-bond acceptors (Lipinski definition) is 2. The number of pyridine rings is 1. The summed E-state index contributed by atoms with van der Waals surface area (Å²) in [5, 5.41) is 9.53. The van der Waals surface area contributed by atoms with E-state index in [2.05, 4.69) is 4.98 Å². The maximum absolute atomic E-state index is 10.8. The summed E-state index contributed by atoms with van der Waals surface area (Å²) in [6, 6.07) is 8.69. The van der Waals surface area contributed by atoms with Crippen LogP contribution in [0, 0.1) is 0 Å². The summed E-state index contributed by atoms with van der Waals surface area (Å²) >= 11 is 0. The summed E-state index contributed by atoms with van der Waals surface area (Å²) in [5.41, 5.74) is 1.01. The molecule has 0 saturated heterocycles. The SMILES string of the molecule is O=C(O)c1ccnc2ccccc12.[H-].[Na+]. The zero-order valence-electron chi connectivity index (χ0n) is 8.77. The van der Waals surface area contributed by atoms with Crippen molar-refractivity contribution < 1.29 is 40.9 Å². The minimum Gasteiger partial charge on any atom is -1.00 e. The van der Waals surface area contributed by atoms with Gasteiger partial charge in [0.15, 0.2) is 0 Å². The van der Waals surface area contributed by atoms with Gasteiger partial charge in [-0.15, -0.1) is 0 Å². The van der Waals surface area contributed by atoms with Gasteiger partial charge in [0.25, 0.3) is 0 Å². The standard InChI is InChI=1S/C10H7NO2.Na.H/c12-10(13)8-5-6-11-9-4-2-1-3-7(8)9;;/h1-6H,(H,12,13);;/q;+1;-1. The van der Waals surface area contributed by atoms with Crippen molar-refractivity contribution >= 4 is 16.9 Å². The number of hydrogen-bond donors (Lipinski definition) is 1. The van der Waals surface area contributed by atoms with Gasteiger partial charge in [-0.2, -0.15) is 0 Å². The molecule has 0 bridgehead atoms. The molecule has 0 unspecified atom stereocenters. The van der Waals surface area contributed by atoms with Gasteiger partial charge in [-0.3, -0.25) is 4.98 Å². The average Bonchev–Trinajstić information content (AvgIpc) is 2.17. The first-order valence-corrected chi connectivity index (χ1v) is 3.86. The molecule has 66 valence electrons. The number of aromatic carboxylic acids is 1. The van der Waals surface area contributed by atoms with Gasteiger partial charge in [0.1, 0.15) is 0 Å². The van der Waals surface area contributed by atoms with Gasteiger partial charge in [0.05, 0.1) is 11.1 Å². The molecule has 0 aliphatic rings. The van der Waals surface area contributed by atoms with Crippen LogP contribution in [0.15, 0.2) is 36.5 Å². The van der Waals surface area contributed by atoms with Crippen LogP contribution in [-0.4, -0.2) is 16.1 Å². The Morgan fingerprint density at radius 3 is 2.71 bits per heavy atom. The maximum atomic E-state index is 10.8. The van der Waals surface area contributed by atoms with E-state index in [0.29, 0.717) is 16.5 Å². The van der Waals surface area contributed by atoms with Crippen molar-refractivity contribution in [1.29, 1.82) is 0 Å². The monoisotopic (exact) mass is 197 g/mol. The van der Waals surface area contributed by atoms with Crippen molar-refractivity contribution in [3.8, 4) is 0 Å². The molecule has 2 aromatic rings. The van der Waals surface area contributed by atoms with Gasteiger partial charge in [0, 0.05) is 11.6 Å². The van der Waals surface area contributed by atoms with E-state index >= 15 is 0 Å². The van der Waals surface area contributed by atoms with Gasteiger partial charge in [-0.05, 0) is 12.1 Å². The number of carboxylic acids is 1. The van der Waals surface area contributed by atoms with Crippen LogP contribution in [0.25, 0.3) is 10.9 Å². The number of benzene rings is 1. The molecule has 4 heteroatoms. The third kappa shape index (κ3) is 1.95. The number of nitrogens with zero attached hydrogens (tertiary/aromatic N) is 1. The van der Waals surface area contributed by atoms with E-state index in [1.807, 2.05) is 6.07 Å². The molecule has 1 heterocycles. The quantitative estimate of drug-likeness (QED) is 0.600. The number of carboxylic acid groups (broad SMARTS) is 1. The maximum Gasteiger partial charge on any atom is 1.00 e. The smallest absolute Gasteiger partial charge is 1.00 e. The van der Waals surface area contributed by atoms with E-state index in [1.54, 1.807) is 18.2 Å². The normalized spacial score (nSPS) is 9.43. The number of para-hydroxylation sites is 1. The predicted molar refractivity (Wildman–Crippen MR) is 49.8 cm³/mol. The molecule has 0 fully saturated rings. The molecular formula is C10H8NNaO2. The van der Waals surface area contributed by atoms with Crippen molar-refractivity contribution in [2.75, 3.05) is 0 Å². The Kier molecular flexibility index (Phi) is 3.63. The third-order valence-corrected chi connectivity index (χ3v) is 1.88. The Morgan fingerprint density at radius 2 is 2.00 bits per heavy atom. The minimum atomic E-state index is -0.918. The Balaban J connectivity index is 0.000000980. The van der Waals surface area contributed by atoms with E-state index in [4.69, 9.17) is 5.11 Å². The summed E-state index contributed by atoms with van der Waals surface area (Å²) < 4.78 is 0. The Bertz CT molecular complexity index is 470. The third-order valence-electron chi connectivity index (χ3n) is 1.88. The number of fused-ring (bicyclic) bond motifs is 1. The molecular weight excluding hydrogens is 189 g/mol. The van der Waals surface area contributed by atoms with Crippen molar-refractivity contribution in [1.82, 2.24) is 4.98 Å². The molecule has 0 atom stereocenters. The summed E-state index contributed by atoms with van der Waals surface area (Å²) in [6.45, 7) is 0. The molecule has 0 aliphatic heterocycles. The van der Waals surface area contributed by atoms with Gasteiger partial charge in [-0.1, -0.05) is 18.2 Å². The van der Waals surface area contributed by atoms with E-state index in [1.165, 1.54) is 12.3 Å². The molecule has 1 aromatic carbocycles. The van der Waals surface area contributed by atoms with Crippen molar-refractivity contribution in [3.63, 3.8) is 0 Å². The Labute approximate surface area is 105 Å².